The second-order valence-corrected chi connectivity index (χ2v) is 5.97. The lowest BCUT2D eigenvalue weighted by Crippen LogP contribution is -2.30. The van der Waals surface area contributed by atoms with Gasteiger partial charge in [-0.3, -0.25) is 4.79 Å². The number of hydrogen-bond acceptors (Lipinski definition) is 2. The largest absolute Gasteiger partial charge is 0.353 e. The summed E-state index contributed by atoms with van der Waals surface area (Å²) in [6, 6.07) is 9.13. The molecule has 4 heteroatoms. The highest BCUT2D eigenvalue weighted by Gasteiger charge is 2.22. The molecule has 1 aromatic rings. The van der Waals surface area contributed by atoms with Crippen molar-refractivity contribution in [3.8, 4) is 0 Å². The lowest BCUT2D eigenvalue weighted by Gasteiger charge is -2.17. The molecule has 0 radical (unpaired) electrons. The Morgan fingerprint density at radius 3 is 2.63 bits per heavy atom. The number of amides is 1. The summed E-state index contributed by atoms with van der Waals surface area (Å²) in [4.78, 5) is 11.6. The lowest BCUT2D eigenvalue weighted by atomic mass is 10.0. The number of carbonyl (C=O) groups is 1. The summed E-state index contributed by atoms with van der Waals surface area (Å²) in [7, 11) is 0. The van der Waals surface area contributed by atoms with E-state index in [0.29, 0.717) is 18.5 Å². The van der Waals surface area contributed by atoms with Gasteiger partial charge in [0.15, 0.2) is 0 Å². The number of hydrogen-bond donors (Lipinski definition) is 2. The second-order valence-electron chi connectivity index (χ2n) is 5.06. The van der Waals surface area contributed by atoms with E-state index < -0.39 is 0 Å². The first kappa shape index (κ1) is 14.5. The molecule has 0 heterocycles. The maximum absolute atomic E-state index is 11.6. The van der Waals surface area contributed by atoms with Crippen LogP contribution < -0.4 is 10.6 Å². The number of nitrogens with one attached hydrogen (secondary N) is 2. The minimum absolute atomic E-state index is 0.167. The van der Waals surface area contributed by atoms with Crippen molar-refractivity contribution < 1.29 is 4.79 Å². The van der Waals surface area contributed by atoms with Crippen molar-refractivity contribution >= 4 is 21.8 Å². The highest BCUT2D eigenvalue weighted by molar-refractivity contribution is 9.10. The highest BCUT2D eigenvalue weighted by Crippen LogP contribution is 2.20. The molecule has 104 valence electrons. The van der Waals surface area contributed by atoms with Gasteiger partial charge in [0, 0.05) is 29.5 Å². The monoisotopic (exact) mass is 324 g/mol. The SMILES string of the molecule is CCC(NCCC(=O)NC1CC1)c1ccc(Br)cc1. The van der Waals surface area contributed by atoms with Gasteiger partial charge in [0.25, 0.3) is 0 Å². The minimum Gasteiger partial charge on any atom is -0.353 e. The van der Waals surface area contributed by atoms with Gasteiger partial charge in [-0.05, 0) is 37.0 Å². The molecule has 1 atom stereocenters. The fourth-order valence-electron chi connectivity index (χ4n) is 2.08. The Balaban J connectivity index is 1.75. The van der Waals surface area contributed by atoms with Gasteiger partial charge >= 0.3 is 0 Å². The molecule has 0 aromatic heterocycles. The Kier molecular flexibility index (Phi) is 5.40. The van der Waals surface area contributed by atoms with Crippen LogP contribution in [0.15, 0.2) is 28.7 Å². The van der Waals surface area contributed by atoms with Gasteiger partial charge in [-0.2, -0.15) is 0 Å². The standard InChI is InChI=1S/C15H21BrN2O/c1-2-14(11-3-5-12(16)6-4-11)17-10-9-15(19)18-13-7-8-13/h3-6,13-14,17H,2,7-10H2,1H3,(H,18,19). The average Bonchev–Trinajstić information content (AvgIpc) is 3.20. The molecule has 2 rings (SSSR count). The molecule has 0 saturated heterocycles. The quantitative estimate of drug-likeness (QED) is 0.808. The second kappa shape index (κ2) is 7.06. The third-order valence-corrected chi connectivity index (χ3v) is 3.89. The van der Waals surface area contributed by atoms with Crippen molar-refractivity contribution in [1.29, 1.82) is 0 Å². The summed E-state index contributed by atoms with van der Waals surface area (Å²) in [5, 5.41) is 6.46. The van der Waals surface area contributed by atoms with E-state index in [1.165, 1.54) is 5.56 Å². The van der Waals surface area contributed by atoms with E-state index in [-0.39, 0.29) is 5.91 Å². The van der Waals surface area contributed by atoms with Gasteiger partial charge in [-0.25, -0.2) is 0 Å². The first-order valence-corrected chi connectivity index (χ1v) is 7.76. The molecule has 3 nitrogen and oxygen atoms in total. The van der Waals surface area contributed by atoms with Crippen LogP contribution >= 0.6 is 15.9 Å². The summed E-state index contributed by atoms with van der Waals surface area (Å²) >= 11 is 3.44. The number of benzene rings is 1. The summed E-state index contributed by atoms with van der Waals surface area (Å²) in [6.45, 7) is 2.89. The maximum atomic E-state index is 11.6. The van der Waals surface area contributed by atoms with Crippen LogP contribution in [0.2, 0.25) is 0 Å². The molecule has 1 unspecified atom stereocenters. The third-order valence-electron chi connectivity index (χ3n) is 3.37. The van der Waals surface area contributed by atoms with Crippen molar-refractivity contribution in [3.05, 3.63) is 34.3 Å². The molecule has 2 N–H and O–H groups in total. The van der Waals surface area contributed by atoms with Crippen LogP contribution in [0.4, 0.5) is 0 Å². The topological polar surface area (TPSA) is 41.1 Å². The predicted octanol–water partition coefficient (Wildman–Crippen LogP) is 3.16. The molecule has 1 aromatic carbocycles. The Bertz CT molecular complexity index is 415. The zero-order chi connectivity index (χ0) is 13.7. The number of halogens is 1. The smallest absolute Gasteiger partial charge is 0.221 e. The number of rotatable bonds is 7. The fourth-order valence-corrected chi connectivity index (χ4v) is 2.34. The Hall–Kier alpha value is -0.870. The average molecular weight is 325 g/mol. The van der Waals surface area contributed by atoms with Gasteiger partial charge in [0.2, 0.25) is 5.91 Å². The lowest BCUT2D eigenvalue weighted by molar-refractivity contribution is -0.121. The van der Waals surface area contributed by atoms with E-state index in [1.54, 1.807) is 0 Å². The molecule has 1 amide bonds. The minimum atomic E-state index is 0.167. The molecule has 1 fully saturated rings. The third kappa shape index (κ3) is 4.96. The molecular formula is C15H21BrN2O. The molecule has 1 saturated carbocycles. The molecule has 0 bridgehead atoms. The van der Waals surface area contributed by atoms with Crippen molar-refractivity contribution in [1.82, 2.24) is 10.6 Å². The molecular weight excluding hydrogens is 304 g/mol. The van der Waals surface area contributed by atoms with Gasteiger partial charge < -0.3 is 10.6 Å². The highest BCUT2D eigenvalue weighted by atomic mass is 79.9. The summed E-state index contributed by atoms with van der Waals surface area (Å²) in [6.07, 6.45) is 3.88. The first-order valence-electron chi connectivity index (χ1n) is 6.97. The van der Waals surface area contributed by atoms with Crippen molar-refractivity contribution in [2.45, 2.75) is 44.7 Å². The Morgan fingerprint density at radius 1 is 1.37 bits per heavy atom. The van der Waals surface area contributed by atoms with Crippen LogP contribution in [0, 0.1) is 0 Å². The fraction of sp³-hybridized carbons (Fsp3) is 0.533. The van der Waals surface area contributed by atoms with Crippen molar-refractivity contribution in [3.63, 3.8) is 0 Å². The van der Waals surface area contributed by atoms with E-state index in [9.17, 15) is 4.79 Å². The number of carbonyl (C=O) groups excluding carboxylic acids is 1. The molecule has 0 spiro atoms. The van der Waals surface area contributed by atoms with Crippen LogP contribution in [0.1, 0.15) is 44.2 Å². The molecule has 0 aliphatic heterocycles. The summed E-state index contributed by atoms with van der Waals surface area (Å²) < 4.78 is 1.09. The summed E-state index contributed by atoms with van der Waals surface area (Å²) in [5.41, 5.74) is 1.27. The molecule has 1 aliphatic carbocycles. The van der Waals surface area contributed by atoms with Crippen LogP contribution in [0.25, 0.3) is 0 Å². The normalized spacial score (nSPS) is 16.1. The zero-order valence-corrected chi connectivity index (χ0v) is 12.9. The predicted molar refractivity (Wildman–Crippen MR) is 81.0 cm³/mol. The van der Waals surface area contributed by atoms with Gasteiger partial charge in [-0.15, -0.1) is 0 Å². The van der Waals surface area contributed by atoms with E-state index in [1.807, 2.05) is 0 Å². The zero-order valence-electron chi connectivity index (χ0n) is 11.3. The first-order chi connectivity index (χ1) is 9.19. The van der Waals surface area contributed by atoms with Crippen molar-refractivity contribution in [2.75, 3.05) is 6.54 Å². The van der Waals surface area contributed by atoms with Crippen LogP contribution in [0.3, 0.4) is 0 Å². The van der Waals surface area contributed by atoms with Crippen LogP contribution in [0.5, 0.6) is 0 Å². The Morgan fingerprint density at radius 2 is 2.05 bits per heavy atom. The maximum Gasteiger partial charge on any atom is 0.221 e. The van der Waals surface area contributed by atoms with Gasteiger partial charge in [0.1, 0.15) is 0 Å². The van der Waals surface area contributed by atoms with Gasteiger partial charge in [0.05, 0.1) is 0 Å². The summed E-state index contributed by atoms with van der Waals surface area (Å²) in [5.74, 6) is 0.167. The van der Waals surface area contributed by atoms with E-state index in [2.05, 4.69) is 57.8 Å². The Labute approximate surface area is 123 Å². The van der Waals surface area contributed by atoms with E-state index >= 15 is 0 Å². The van der Waals surface area contributed by atoms with E-state index in [0.717, 1.165) is 30.3 Å². The van der Waals surface area contributed by atoms with E-state index in [4.69, 9.17) is 0 Å². The molecule has 1 aliphatic rings. The van der Waals surface area contributed by atoms with Crippen molar-refractivity contribution in [2.24, 2.45) is 0 Å². The van der Waals surface area contributed by atoms with Gasteiger partial charge in [-0.1, -0.05) is 35.0 Å². The van der Waals surface area contributed by atoms with Crippen LogP contribution in [-0.4, -0.2) is 18.5 Å². The van der Waals surface area contributed by atoms with Crippen LogP contribution in [-0.2, 0) is 4.79 Å². The molecule has 19 heavy (non-hydrogen) atoms.